The van der Waals surface area contributed by atoms with Crippen molar-refractivity contribution in [2.75, 3.05) is 11.1 Å². The Labute approximate surface area is 173 Å². The molecule has 0 saturated carbocycles. The SMILES string of the molecule is CC(C)[C@H](N=C1NS(=O)(=O)c2ccccc21)C(=O)Nc1cc(Cl)c(N)c(Cl)c1. The van der Waals surface area contributed by atoms with Crippen LogP contribution in [0.3, 0.4) is 0 Å². The minimum absolute atomic E-state index is 0.133. The molecule has 1 aliphatic heterocycles. The lowest BCUT2D eigenvalue weighted by molar-refractivity contribution is -0.118. The third-order valence-corrected chi connectivity index (χ3v) is 6.20. The van der Waals surface area contributed by atoms with Gasteiger partial charge in [-0.2, -0.15) is 0 Å². The Morgan fingerprint density at radius 1 is 1.18 bits per heavy atom. The number of nitrogens with two attached hydrogens (primary N) is 1. The number of anilines is 2. The Balaban J connectivity index is 1.93. The molecule has 0 bridgehead atoms. The Morgan fingerprint density at radius 3 is 2.39 bits per heavy atom. The van der Waals surface area contributed by atoms with Gasteiger partial charge in [0.25, 0.3) is 10.0 Å². The van der Waals surface area contributed by atoms with Gasteiger partial charge in [-0.3, -0.25) is 14.5 Å². The predicted octanol–water partition coefficient (Wildman–Crippen LogP) is 3.28. The number of amidine groups is 1. The zero-order chi connectivity index (χ0) is 20.6. The molecule has 3 rings (SSSR count). The van der Waals surface area contributed by atoms with Crippen LogP contribution < -0.4 is 15.8 Å². The van der Waals surface area contributed by atoms with Crippen molar-refractivity contribution in [1.29, 1.82) is 0 Å². The molecule has 28 heavy (non-hydrogen) atoms. The monoisotopic (exact) mass is 440 g/mol. The summed E-state index contributed by atoms with van der Waals surface area (Å²) >= 11 is 12.0. The van der Waals surface area contributed by atoms with Crippen molar-refractivity contribution < 1.29 is 13.2 Å². The van der Waals surface area contributed by atoms with E-state index >= 15 is 0 Å². The lowest BCUT2D eigenvalue weighted by Crippen LogP contribution is -2.34. The number of hydrogen-bond acceptors (Lipinski definition) is 5. The zero-order valence-corrected chi connectivity index (χ0v) is 17.4. The fourth-order valence-electron chi connectivity index (χ4n) is 2.75. The van der Waals surface area contributed by atoms with Gasteiger partial charge in [0, 0.05) is 11.3 Å². The number of aliphatic imine (C=N–C) groups is 1. The molecule has 1 atom stereocenters. The highest BCUT2D eigenvalue weighted by Crippen LogP contribution is 2.31. The summed E-state index contributed by atoms with van der Waals surface area (Å²) in [5.41, 5.74) is 6.72. The van der Waals surface area contributed by atoms with E-state index in [0.717, 1.165) is 0 Å². The molecule has 0 radical (unpaired) electrons. The fraction of sp³-hybridized carbons (Fsp3) is 0.222. The molecular weight excluding hydrogens is 423 g/mol. The van der Waals surface area contributed by atoms with Crippen molar-refractivity contribution >= 4 is 56.3 Å². The summed E-state index contributed by atoms with van der Waals surface area (Å²) in [5.74, 6) is -0.495. The number of hydrogen-bond donors (Lipinski definition) is 3. The van der Waals surface area contributed by atoms with Crippen molar-refractivity contribution in [3.05, 3.63) is 52.0 Å². The van der Waals surface area contributed by atoms with Crippen LogP contribution in [0.15, 0.2) is 46.3 Å². The largest absolute Gasteiger partial charge is 0.396 e. The average molecular weight is 441 g/mol. The highest BCUT2D eigenvalue weighted by molar-refractivity contribution is 7.90. The number of nitrogens with one attached hydrogen (secondary N) is 2. The molecule has 0 unspecified atom stereocenters. The molecule has 148 valence electrons. The summed E-state index contributed by atoms with van der Waals surface area (Å²) in [5, 5.41) is 3.13. The van der Waals surface area contributed by atoms with Crippen LogP contribution >= 0.6 is 23.2 Å². The van der Waals surface area contributed by atoms with E-state index < -0.39 is 22.0 Å². The van der Waals surface area contributed by atoms with Crippen molar-refractivity contribution in [1.82, 2.24) is 4.72 Å². The van der Waals surface area contributed by atoms with Gasteiger partial charge in [0.15, 0.2) is 0 Å². The quantitative estimate of drug-likeness (QED) is 0.632. The lowest BCUT2D eigenvalue weighted by atomic mass is 10.0. The number of sulfonamides is 1. The molecule has 7 nitrogen and oxygen atoms in total. The molecular formula is C18H18Cl2N4O3S. The number of halogens is 2. The van der Waals surface area contributed by atoms with E-state index in [9.17, 15) is 13.2 Å². The molecule has 0 spiro atoms. The van der Waals surface area contributed by atoms with Gasteiger partial charge >= 0.3 is 0 Å². The first-order valence-electron chi connectivity index (χ1n) is 8.35. The number of nitrogen functional groups attached to an aromatic ring is 1. The highest BCUT2D eigenvalue weighted by atomic mass is 35.5. The van der Waals surface area contributed by atoms with E-state index in [-0.39, 0.29) is 32.4 Å². The number of fused-ring (bicyclic) bond motifs is 1. The number of rotatable bonds is 4. The Morgan fingerprint density at radius 2 is 1.79 bits per heavy atom. The van der Waals surface area contributed by atoms with Gasteiger partial charge in [0.2, 0.25) is 5.91 Å². The van der Waals surface area contributed by atoms with Crippen molar-refractivity contribution in [2.45, 2.75) is 24.8 Å². The summed E-state index contributed by atoms with van der Waals surface area (Å²) in [6, 6.07) is 8.59. The summed E-state index contributed by atoms with van der Waals surface area (Å²) in [4.78, 5) is 17.3. The topological polar surface area (TPSA) is 114 Å². The van der Waals surface area contributed by atoms with E-state index in [4.69, 9.17) is 28.9 Å². The zero-order valence-electron chi connectivity index (χ0n) is 15.0. The molecule has 0 fully saturated rings. The van der Waals surface area contributed by atoms with Crippen LogP contribution in [0.25, 0.3) is 0 Å². The third kappa shape index (κ3) is 3.94. The molecule has 10 heteroatoms. The summed E-state index contributed by atoms with van der Waals surface area (Å²) < 4.78 is 26.9. The van der Waals surface area contributed by atoms with Gasteiger partial charge in [-0.15, -0.1) is 0 Å². The number of benzene rings is 2. The lowest BCUT2D eigenvalue weighted by Gasteiger charge is -2.18. The van der Waals surface area contributed by atoms with E-state index in [1.807, 2.05) is 13.8 Å². The summed E-state index contributed by atoms with van der Waals surface area (Å²) in [6.07, 6.45) is 0. The molecule has 2 aromatic rings. The Hall–Kier alpha value is -2.29. The molecule has 1 aliphatic rings. The molecule has 0 saturated heterocycles. The molecule has 2 aromatic carbocycles. The standard InChI is InChI=1S/C18H18Cl2N4O3S/c1-9(2)16(18(25)22-10-7-12(19)15(21)13(20)8-10)23-17-11-5-3-4-6-14(11)28(26,27)24-17/h3-9,16H,21H2,1-2H3,(H,22,25)(H,23,24)/t16-/m0/s1. The van der Waals surface area contributed by atoms with Gasteiger partial charge in [-0.25, -0.2) is 8.42 Å². The van der Waals surface area contributed by atoms with Gasteiger partial charge < -0.3 is 11.1 Å². The smallest absolute Gasteiger partial charge is 0.263 e. The van der Waals surface area contributed by atoms with Crippen LogP contribution in [-0.2, 0) is 14.8 Å². The van der Waals surface area contributed by atoms with Crippen LogP contribution in [0, 0.1) is 5.92 Å². The van der Waals surface area contributed by atoms with Crippen molar-refractivity contribution in [2.24, 2.45) is 10.9 Å². The Kier molecular flexibility index (Phi) is 5.56. The van der Waals surface area contributed by atoms with Crippen LogP contribution in [0.4, 0.5) is 11.4 Å². The summed E-state index contributed by atoms with van der Waals surface area (Å²) in [7, 11) is -3.69. The van der Waals surface area contributed by atoms with Gasteiger partial charge in [0.05, 0.1) is 20.6 Å². The second-order valence-electron chi connectivity index (χ2n) is 6.61. The number of carbonyl (C=O) groups is 1. The maximum atomic E-state index is 12.8. The van der Waals surface area contributed by atoms with Crippen LogP contribution in [0.5, 0.6) is 0 Å². The van der Waals surface area contributed by atoms with Crippen LogP contribution in [0.2, 0.25) is 10.0 Å². The van der Waals surface area contributed by atoms with E-state index in [2.05, 4.69) is 15.0 Å². The summed E-state index contributed by atoms with van der Waals surface area (Å²) in [6.45, 7) is 3.62. The van der Waals surface area contributed by atoms with E-state index in [0.29, 0.717) is 11.3 Å². The van der Waals surface area contributed by atoms with Crippen molar-refractivity contribution in [3.63, 3.8) is 0 Å². The predicted molar refractivity (Wildman–Crippen MR) is 111 cm³/mol. The number of amides is 1. The highest BCUT2D eigenvalue weighted by Gasteiger charge is 2.32. The van der Waals surface area contributed by atoms with Gasteiger partial charge in [0.1, 0.15) is 11.9 Å². The molecule has 4 N–H and O–H groups in total. The maximum Gasteiger partial charge on any atom is 0.263 e. The molecule has 1 heterocycles. The average Bonchev–Trinajstić information content (AvgIpc) is 2.88. The van der Waals surface area contributed by atoms with Gasteiger partial charge in [-0.1, -0.05) is 49.2 Å². The first-order valence-corrected chi connectivity index (χ1v) is 10.6. The number of nitrogens with zero attached hydrogens (tertiary/aromatic N) is 1. The minimum atomic E-state index is -3.69. The maximum absolute atomic E-state index is 12.8. The molecule has 1 amide bonds. The fourth-order valence-corrected chi connectivity index (χ4v) is 4.48. The molecule has 0 aliphatic carbocycles. The normalized spacial score (nSPS) is 17.2. The van der Waals surface area contributed by atoms with E-state index in [1.165, 1.54) is 18.2 Å². The third-order valence-electron chi connectivity index (χ3n) is 4.18. The van der Waals surface area contributed by atoms with Gasteiger partial charge in [-0.05, 0) is 30.2 Å². The van der Waals surface area contributed by atoms with E-state index in [1.54, 1.807) is 18.2 Å². The number of carbonyl (C=O) groups excluding carboxylic acids is 1. The first kappa shape index (κ1) is 20.4. The first-order chi connectivity index (χ1) is 13.1. The molecule has 0 aromatic heterocycles. The van der Waals surface area contributed by atoms with Crippen LogP contribution in [0.1, 0.15) is 19.4 Å². The minimum Gasteiger partial charge on any atom is -0.396 e. The second kappa shape index (κ2) is 7.62. The Bertz CT molecular complexity index is 1060. The second-order valence-corrected chi connectivity index (χ2v) is 9.08. The van der Waals surface area contributed by atoms with Crippen molar-refractivity contribution in [3.8, 4) is 0 Å². The van der Waals surface area contributed by atoms with Crippen LogP contribution in [-0.4, -0.2) is 26.2 Å².